The number of nitrogens with one attached hydrogen (secondary N) is 2. The highest BCUT2D eigenvalue weighted by Crippen LogP contribution is 2.45. The number of imidazole rings is 1. The number of carbonyl (C=O) groups is 1. The number of likely N-dealkylation sites (N-methyl/N-ethyl adjacent to an activating group) is 1. The third-order valence-electron chi connectivity index (χ3n) is 6.54. The Bertz CT molecular complexity index is 919. The van der Waals surface area contributed by atoms with Crippen molar-refractivity contribution in [2.24, 2.45) is 11.8 Å². The van der Waals surface area contributed by atoms with E-state index < -0.39 is 30.4 Å². The van der Waals surface area contributed by atoms with Crippen molar-refractivity contribution in [2.45, 2.75) is 63.2 Å². The van der Waals surface area contributed by atoms with E-state index >= 15 is 0 Å². The number of carbonyl (C=O) groups excluding carboxylic acids is 1. The summed E-state index contributed by atoms with van der Waals surface area (Å²) in [7, 11) is 0. The van der Waals surface area contributed by atoms with E-state index in [0.717, 1.165) is 12.3 Å². The zero-order chi connectivity index (χ0) is 20.1. The van der Waals surface area contributed by atoms with Crippen LogP contribution in [0, 0.1) is 11.8 Å². The van der Waals surface area contributed by atoms with E-state index in [1.807, 2.05) is 0 Å². The van der Waals surface area contributed by atoms with Gasteiger partial charge in [0.05, 0.1) is 6.33 Å². The van der Waals surface area contributed by atoms with Crippen LogP contribution in [0.3, 0.4) is 0 Å². The number of hydrogen-bond acceptors (Lipinski definition) is 8. The minimum Gasteiger partial charge on any atom is -0.387 e. The maximum Gasteiger partial charge on any atom is 0.252 e. The SMILES string of the molecule is CCNC(=O)[C@H]1O[C@@H](n2cnc3c(N[C@@H]4CC5CCC4C5)ncnc32)[C@H](O)[C@@H]1O. The van der Waals surface area contributed by atoms with Crippen LogP contribution in [0.25, 0.3) is 11.2 Å². The second-order valence-corrected chi connectivity index (χ2v) is 8.30. The number of rotatable bonds is 5. The van der Waals surface area contributed by atoms with Crippen molar-refractivity contribution in [1.82, 2.24) is 24.8 Å². The quantitative estimate of drug-likeness (QED) is 0.556. The first kappa shape index (κ1) is 18.7. The van der Waals surface area contributed by atoms with E-state index in [2.05, 4.69) is 25.6 Å². The van der Waals surface area contributed by atoms with Gasteiger partial charge in [-0.2, -0.15) is 0 Å². The smallest absolute Gasteiger partial charge is 0.252 e. The Hall–Kier alpha value is -2.30. The molecule has 7 atom stereocenters. The summed E-state index contributed by atoms with van der Waals surface area (Å²) in [5, 5.41) is 26.9. The van der Waals surface area contributed by atoms with E-state index in [0.29, 0.717) is 35.5 Å². The van der Waals surface area contributed by atoms with Crippen LogP contribution >= 0.6 is 0 Å². The molecular formula is C19H26N6O4. The molecule has 2 aliphatic carbocycles. The molecule has 1 amide bonds. The minimum absolute atomic E-state index is 0.397. The normalized spacial score (nSPS) is 36.0. The lowest BCUT2D eigenvalue weighted by molar-refractivity contribution is -0.137. The van der Waals surface area contributed by atoms with Gasteiger partial charge in [0.25, 0.3) is 5.91 Å². The molecule has 3 fully saturated rings. The van der Waals surface area contributed by atoms with Crippen molar-refractivity contribution in [1.29, 1.82) is 0 Å². The molecule has 4 N–H and O–H groups in total. The van der Waals surface area contributed by atoms with Crippen LogP contribution in [-0.4, -0.2) is 66.5 Å². The molecule has 2 unspecified atom stereocenters. The molecule has 2 bridgehead atoms. The van der Waals surface area contributed by atoms with Crippen LogP contribution in [0.1, 0.15) is 38.8 Å². The molecule has 29 heavy (non-hydrogen) atoms. The van der Waals surface area contributed by atoms with Gasteiger partial charge in [0.1, 0.15) is 18.5 Å². The summed E-state index contributed by atoms with van der Waals surface area (Å²) in [6, 6.07) is 0.397. The molecule has 10 nitrogen and oxygen atoms in total. The molecule has 5 rings (SSSR count). The Morgan fingerprint density at radius 3 is 2.83 bits per heavy atom. The van der Waals surface area contributed by atoms with Gasteiger partial charge in [-0.25, -0.2) is 15.0 Å². The molecule has 3 heterocycles. The fourth-order valence-electron chi connectivity index (χ4n) is 5.12. The molecule has 156 valence electrons. The van der Waals surface area contributed by atoms with Crippen molar-refractivity contribution in [3.63, 3.8) is 0 Å². The van der Waals surface area contributed by atoms with Gasteiger partial charge in [-0.3, -0.25) is 9.36 Å². The predicted molar refractivity (Wildman–Crippen MR) is 103 cm³/mol. The van der Waals surface area contributed by atoms with Crippen molar-refractivity contribution in [2.75, 3.05) is 11.9 Å². The van der Waals surface area contributed by atoms with Gasteiger partial charge >= 0.3 is 0 Å². The van der Waals surface area contributed by atoms with Gasteiger partial charge in [0, 0.05) is 12.6 Å². The number of amides is 1. The van der Waals surface area contributed by atoms with E-state index in [-0.39, 0.29) is 0 Å². The van der Waals surface area contributed by atoms with E-state index in [4.69, 9.17) is 4.74 Å². The summed E-state index contributed by atoms with van der Waals surface area (Å²) < 4.78 is 7.25. The van der Waals surface area contributed by atoms with Crippen LogP contribution in [0.4, 0.5) is 5.82 Å². The van der Waals surface area contributed by atoms with Gasteiger partial charge in [-0.1, -0.05) is 6.42 Å². The lowest BCUT2D eigenvalue weighted by Gasteiger charge is -2.23. The average Bonchev–Trinajstić information content (AvgIpc) is 3.47. The molecule has 0 radical (unpaired) electrons. The molecule has 1 saturated heterocycles. The number of aromatic nitrogens is 4. The molecular weight excluding hydrogens is 376 g/mol. The van der Waals surface area contributed by atoms with Crippen molar-refractivity contribution in [3.8, 4) is 0 Å². The zero-order valence-electron chi connectivity index (χ0n) is 16.2. The first-order valence-corrected chi connectivity index (χ1v) is 10.3. The van der Waals surface area contributed by atoms with E-state index in [9.17, 15) is 15.0 Å². The zero-order valence-corrected chi connectivity index (χ0v) is 16.2. The molecule has 10 heteroatoms. The lowest BCUT2D eigenvalue weighted by atomic mass is 9.95. The van der Waals surface area contributed by atoms with Crippen molar-refractivity contribution < 1.29 is 19.7 Å². The molecule has 3 aliphatic rings. The summed E-state index contributed by atoms with van der Waals surface area (Å²) >= 11 is 0. The first-order valence-electron chi connectivity index (χ1n) is 10.3. The van der Waals surface area contributed by atoms with Gasteiger partial charge < -0.3 is 25.6 Å². The van der Waals surface area contributed by atoms with Gasteiger partial charge in [0.15, 0.2) is 29.3 Å². The highest BCUT2D eigenvalue weighted by molar-refractivity contribution is 5.83. The van der Waals surface area contributed by atoms with Crippen LogP contribution < -0.4 is 10.6 Å². The second kappa shape index (κ2) is 7.19. The summed E-state index contributed by atoms with van der Waals surface area (Å²) in [5.74, 6) is 1.70. The topological polar surface area (TPSA) is 134 Å². The van der Waals surface area contributed by atoms with Crippen molar-refractivity contribution in [3.05, 3.63) is 12.7 Å². The monoisotopic (exact) mass is 402 g/mol. The van der Waals surface area contributed by atoms with Crippen LogP contribution in [0.15, 0.2) is 12.7 Å². The number of fused-ring (bicyclic) bond motifs is 3. The summed E-state index contributed by atoms with van der Waals surface area (Å²) in [6.45, 7) is 2.18. The Balaban J connectivity index is 1.41. The number of ether oxygens (including phenoxy) is 1. The van der Waals surface area contributed by atoms with E-state index in [1.165, 1.54) is 31.9 Å². The number of aliphatic hydroxyl groups excluding tert-OH is 2. The fourth-order valence-corrected chi connectivity index (χ4v) is 5.12. The lowest BCUT2D eigenvalue weighted by Crippen LogP contribution is -2.42. The number of nitrogens with zero attached hydrogens (tertiary/aromatic N) is 4. The molecule has 2 aromatic heterocycles. The summed E-state index contributed by atoms with van der Waals surface area (Å²) in [5.41, 5.74) is 1.07. The Kier molecular flexibility index (Phi) is 4.64. The van der Waals surface area contributed by atoms with E-state index in [1.54, 1.807) is 11.5 Å². The largest absolute Gasteiger partial charge is 0.387 e. The predicted octanol–water partition coefficient (Wildman–Crippen LogP) is 0.182. The minimum atomic E-state index is -1.34. The van der Waals surface area contributed by atoms with Crippen LogP contribution in [-0.2, 0) is 9.53 Å². The number of hydrogen-bond donors (Lipinski definition) is 4. The Morgan fingerprint density at radius 2 is 2.10 bits per heavy atom. The second-order valence-electron chi connectivity index (χ2n) is 8.30. The maximum atomic E-state index is 12.1. The highest BCUT2D eigenvalue weighted by atomic mass is 16.6. The first-order chi connectivity index (χ1) is 14.1. The van der Waals surface area contributed by atoms with Crippen LogP contribution in [0.5, 0.6) is 0 Å². The molecule has 2 saturated carbocycles. The Morgan fingerprint density at radius 1 is 1.24 bits per heavy atom. The third-order valence-corrected chi connectivity index (χ3v) is 6.54. The average molecular weight is 402 g/mol. The maximum absolute atomic E-state index is 12.1. The highest BCUT2D eigenvalue weighted by Gasteiger charge is 2.47. The Labute approximate surface area is 167 Å². The molecule has 0 spiro atoms. The molecule has 1 aliphatic heterocycles. The number of anilines is 1. The van der Waals surface area contributed by atoms with Gasteiger partial charge in [-0.15, -0.1) is 0 Å². The van der Waals surface area contributed by atoms with Crippen LogP contribution in [0.2, 0.25) is 0 Å². The standard InChI is InChI=1S/C19H26N6O4/c1-2-20-18(28)15-13(26)14(27)19(29-15)25-8-23-12-16(21-7-22-17(12)25)24-11-6-9-3-4-10(11)5-9/h7-11,13-15,19,26-27H,2-6H2,1H3,(H,20,28)(H,21,22,24)/t9?,10?,11-,13+,14-,15+,19-/m1/s1. The third kappa shape index (κ3) is 3.06. The van der Waals surface area contributed by atoms with Gasteiger partial charge in [0.2, 0.25) is 0 Å². The molecule has 2 aromatic rings. The van der Waals surface area contributed by atoms with Crippen molar-refractivity contribution >= 4 is 22.9 Å². The number of aliphatic hydroxyl groups is 2. The summed E-state index contributed by atoms with van der Waals surface area (Å²) in [6.07, 6.45) is 3.24. The van der Waals surface area contributed by atoms with Gasteiger partial charge in [-0.05, 0) is 38.0 Å². The molecule has 0 aromatic carbocycles. The fraction of sp³-hybridized carbons (Fsp3) is 0.684. The summed E-state index contributed by atoms with van der Waals surface area (Å²) in [4.78, 5) is 25.2.